The summed E-state index contributed by atoms with van der Waals surface area (Å²) in [6, 6.07) is 1.51. The van der Waals surface area contributed by atoms with Gasteiger partial charge in [0.15, 0.2) is 34.6 Å². The van der Waals surface area contributed by atoms with Crippen molar-refractivity contribution in [3.8, 4) is 34.5 Å². The van der Waals surface area contributed by atoms with Crippen molar-refractivity contribution >= 4 is 7.69 Å². The highest BCUT2D eigenvalue weighted by molar-refractivity contribution is 6.21. The zero-order valence-corrected chi connectivity index (χ0v) is 14.8. The van der Waals surface area contributed by atoms with Crippen molar-refractivity contribution in [3.05, 3.63) is 35.4 Å². The lowest BCUT2D eigenvalue weighted by Crippen LogP contribution is -2.15. The number of hydrogen-bond donors (Lipinski definition) is 0. The maximum Gasteiger partial charge on any atom is 0.576 e. The molecule has 0 bridgehead atoms. The Hall–Kier alpha value is -2.98. The summed E-state index contributed by atoms with van der Waals surface area (Å²) in [5, 5.41) is 0. The summed E-state index contributed by atoms with van der Waals surface area (Å²) in [5.74, 6) is -7.04. The van der Waals surface area contributed by atoms with E-state index < -0.39 is 42.5 Å². The average Bonchev–Trinajstić information content (AvgIpc) is 2.67. The third-order valence-corrected chi connectivity index (χ3v) is 3.45. The molecule has 0 N–H and O–H groups in total. The lowest BCUT2D eigenvalue weighted by Gasteiger charge is -2.17. The fourth-order valence-corrected chi connectivity index (χ4v) is 2.22. The quantitative estimate of drug-likeness (QED) is 0.511. The van der Waals surface area contributed by atoms with Crippen LogP contribution >= 0.6 is 0 Å². The molecule has 2 rings (SSSR count). The van der Waals surface area contributed by atoms with E-state index in [-0.39, 0.29) is 23.0 Å². The molecule has 0 aliphatic heterocycles. The zero-order chi connectivity index (χ0) is 20.1. The first-order valence-electron chi connectivity index (χ1n) is 7.35. The molecule has 0 fully saturated rings. The van der Waals surface area contributed by atoms with Gasteiger partial charge in [-0.2, -0.15) is 8.78 Å². The highest BCUT2D eigenvalue weighted by Crippen LogP contribution is 2.42. The lowest BCUT2D eigenvalue weighted by molar-refractivity contribution is 0.313. The monoisotopic (exact) mass is 390 g/mol. The molecule has 0 spiro atoms. The average molecular weight is 390 g/mol. The molecule has 0 aliphatic carbocycles. The van der Waals surface area contributed by atoms with Crippen LogP contribution in [0.5, 0.6) is 34.5 Å². The second-order valence-corrected chi connectivity index (χ2v) is 4.88. The van der Waals surface area contributed by atoms with E-state index in [1.807, 2.05) is 0 Å². The van der Waals surface area contributed by atoms with Gasteiger partial charge < -0.3 is 28.3 Å². The Labute approximate surface area is 152 Å². The fraction of sp³-hybridized carbons (Fsp3) is 0.250. The molecule has 27 heavy (non-hydrogen) atoms. The van der Waals surface area contributed by atoms with Crippen molar-refractivity contribution in [1.29, 1.82) is 0 Å². The van der Waals surface area contributed by atoms with Gasteiger partial charge in [0.25, 0.3) is 0 Å². The Morgan fingerprint density at radius 2 is 0.963 bits per heavy atom. The van der Waals surface area contributed by atoms with E-state index in [0.29, 0.717) is 0 Å². The summed E-state index contributed by atoms with van der Waals surface area (Å²) in [4.78, 5) is 0. The van der Waals surface area contributed by atoms with E-state index >= 15 is 0 Å². The molecule has 2 aromatic rings. The molecule has 0 unspecified atom stereocenters. The molecule has 0 aliphatic rings. The summed E-state index contributed by atoms with van der Waals surface area (Å²) in [7, 11) is 3.98. The molecule has 0 radical (unpaired) electrons. The normalized spacial score (nSPS) is 10.2. The Balaban J connectivity index is 2.33. The number of benzene rings is 2. The Morgan fingerprint density at radius 1 is 0.593 bits per heavy atom. The highest BCUT2D eigenvalue weighted by Gasteiger charge is 2.25. The first-order valence-corrected chi connectivity index (χ1v) is 7.35. The van der Waals surface area contributed by atoms with Crippen LogP contribution in [0.2, 0.25) is 0 Å². The molecule has 0 amide bonds. The van der Waals surface area contributed by atoms with Crippen molar-refractivity contribution in [3.63, 3.8) is 0 Å². The van der Waals surface area contributed by atoms with Crippen LogP contribution in [0.3, 0.4) is 0 Å². The van der Waals surface area contributed by atoms with Crippen molar-refractivity contribution < 1.29 is 45.8 Å². The smallest absolute Gasteiger partial charge is 0.523 e. The molecule has 146 valence electrons. The third-order valence-electron chi connectivity index (χ3n) is 3.45. The van der Waals surface area contributed by atoms with Crippen LogP contribution in [-0.4, -0.2) is 36.1 Å². The van der Waals surface area contributed by atoms with Gasteiger partial charge in [-0.05, 0) is 0 Å². The molecule has 2 aromatic carbocycles. The summed E-state index contributed by atoms with van der Waals surface area (Å²) in [5.41, 5.74) is 0. The van der Waals surface area contributed by atoms with Gasteiger partial charge in [-0.25, -0.2) is 8.78 Å². The van der Waals surface area contributed by atoms with Gasteiger partial charge in [0.2, 0.25) is 23.1 Å². The Bertz CT molecular complexity index is 766. The summed E-state index contributed by atoms with van der Waals surface area (Å²) >= 11 is 0. The van der Waals surface area contributed by atoms with Crippen LogP contribution in [0.1, 0.15) is 0 Å². The van der Waals surface area contributed by atoms with Crippen molar-refractivity contribution in [2.24, 2.45) is 0 Å². The topological polar surface area (TPSA) is 55.4 Å². The van der Waals surface area contributed by atoms with Gasteiger partial charge in [-0.15, -0.1) is 0 Å². The van der Waals surface area contributed by atoms with Crippen LogP contribution in [0.25, 0.3) is 0 Å². The first-order chi connectivity index (χ1) is 12.9. The van der Waals surface area contributed by atoms with Crippen LogP contribution in [-0.2, 0) is 0 Å². The molecule has 0 saturated carbocycles. The number of methoxy groups -OCH3 is 4. The number of hydrogen-bond acceptors (Lipinski definition) is 6. The predicted octanol–water partition coefficient (Wildman–Crippen LogP) is 3.00. The second-order valence-electron chi connectivity index (χ2n) is 4.88. The number of rotatable bonds is 8. The van der Waals surface area contributed by atoms with E-state index in [4.69, 9.17) is 28.3 Å². The van der Waals surface area contributed by atoms with Gasteiger partial charge in [0.1, 0.15) is 0 Å². The molecule has 0 heterocycles. The predicted molar refractivity (Wildman–Crippen MR) is 87.3 cm³/mol. The molecule has 6 nitrogen and oxygen atoms in total. The summed E-state index contributed by atoms with van der Waals surface area (Å²) < 4.78 is 84.7. The van der Waals surface area contributed by atoms with Crippen LogP contribution in [0.4, 0.5) is 17.6 Å². The minimum atomic E-state index is -1.30. The van der Waals surface area contributed by atoms with Crippen molar-refractivity contribution in [2.75, 3.05) is 28.4 Å². The van der Waals surface area contributed by atoms with Crippen LogP contribution in [0, 0.1) is 23.3 Å². The van der Waals surface area contributed by atoms with E-state index in [9.17, 15) is 17.6 Å². The molecule has 0 atom stereocenters. The van der Waals surface area contributed by atoms with Crippen molar-refractivity contribution in [2.45, 2.75) is 0 Å². The zero-order valence-electron chi connectivity index (χ0n) is 14.8. The Kier molecular flexibility index (Phi) is 6.48. The SMILES string of the molecule is COc1cc(F)c(F)c(OC)c1OBOc1c(OC)cc(F)c(F)c1OC. The molecular weight excluding hydrogens is 375 g/mol. The van der Waals surface area contributed by atoms with E-state index in [0.717, 1.165) is 26.4 Å². The van der Waals surface area contributed by atoms with E-state index in [2.05, 4.69) is 0 Å². The van der Waals surface area contributed by atoms with Crippen molar-refractivity contribution in [1.82, 2.24) is 0 Å². The summed E-state index contributed by atoms with van der Waals surface area (Å²) in [6.07, 6.45) is 0. The molecule has 0 saturated heterocycles. The summed E-state index contributed by atoms with van der Waals surface area (Å²) in [6.45, 7) is 0. The lowest BCUT2D eigenvalue weighted by atomic mass is 10.2. The standard InChI is InChI=1S/C16H15BF4O6/c1-22-9-5-7(18)11(20)15(24-3)13(9)26-17-27-14-10(23-2)6-8(19)12(21)16(14)25-4/h5-6,17H,1-4H3. The van der Waals surface area contributed by atoms with Crippen LogP contribution in [0.15, 0.2) is 12.1 Å². The maximum absolute atomic E-state index is 13.9. The Morgan fingerprint density at radius 3 is 1.26 bits per heavy atom. The highest BCUT2D eigenvalue weighted by atomic mass is 19.2. The van der Waals surface area contributed by atoms with Gasteiger partial charge in [-0.1, -0.05) is 0 Å². The second kappa shape index (κ2) is 8.61. The molecule has 0 aromatic heterocycles. The first kappa shape index (κ1) is 20.3. The number of ether oxygens (including phenoxy) is 4. The minimum Gasteiger partial charge on any atom is -0.523 e. The largest absolute Gasteiger partial charge is 0.576 e. The van der Waals surface area contributed by atoms with Gasteiger partial charge in [-0.3, -0.25) is 0 Å². The van der Waals surface area contributed by atoms with Gasteiger partial charge in [0, 0.05) is 12.1 Å². The maximum atomic E-state index is 13.9. The van der Waals surface area contributed by atoms with Gasteiger partial charge >= 0.3 is 7.69 Å². The van der Waals surface area contributed by atoms with Gasteiger partial charge in [0.05, 0.1) is 28.4 Å². The minimum absolute atomic E-state index is 0.168. The molecular formula is C16H15BF4O6. The van der Waals surface area contributed by atoms with E-state index in [1.165, 1.54) is 14.2 Å². The molecule has 11 heteroatoms. The fourth-order valence-electron chi connectivity index (χ4n) is 2.22. The third kappa shape index (κ3) is 3.91. The van der Waals surface area contributed by atoms with Crippen LogP contribution < -0.4 is 28.3 Å². The van der Waals surface area contributed by atoms with E-state index in [1.54, 1.807) is 0 Å². The number of halogens is 4.